The van der Waals surface area contributed by atoms with Gasteiger partial charge in [-0.25, -0.2) is 4.39 Å². The van der Waals surface area contributed by atoms with Crippen molar-refractivity contribution in [3.8, 4) is 0 Å². The maximum absolute atomic E-state index is 13.5. The molecule has 26 heavy (non-hydrogen) atoms. The highest BCUT2D eigenvalue weighted by Gasteiger charge is 2.34. The molecule has 0 bridgehead atoms. The van der Waals surface area contributed by atoms with E-state index in [1.165, 1.54) is 23.1 Å². The molecule has 0 radical (unpaired) electrons. The first-order chi connectivity index (χ1) is 12.5. The van der Waals surface area contributed by atoms with E-state index in [1.807, 2.05) is 0 Å². The molecule has 1 heterocycles. The van der Waals surface area contributed by atoms with Crippen molar-refractivity contribution in [2.45, 2.75) is 50.6 Å². The molecule has 3 rings (SSSR count). The van der Waals surface area contributed by atoms with Crippen LogP contribution in [0.3, 0.4) is 0 Å². The number of benzene rings is 1. The average molecular weight is 361 g/mol. The Balaban J connectivity index is 1.62. The minimum atomic E-state index is -0.857. The Labute approximate surface area is 152 Å². The van der Waals surface area contributed by atoms with Crippen LogP contribution in [-0.2, 0) is 14.4 Å². The highest BCUT2D eigenvalue weighted by molar-refractivity contribution is 5.91. The highest BCUT2D eigenvalue weighted by Crippen LogP contribution is 2.25. The van der Waals surface area contributed by atoms with Crippen molar-refractivity contribution in [1.29, 1.82) is 0 Å². The van der Waals surface area contributed by atoms with Gasteiger partial charge in [-0.15, -0.1) is 0 Å². The van der Waals surface area contributed by atoms with Crippen molar-refractivity contribution in [2.24, 2.45) is 0 Å². The van der Waals surface area contributed by atoms with Crippen LogP contribution in [0.15, 0.2) is 24.3 Å². The second kappa shape index (κ2) is 8.29. The summed E-state index contributed by atoms with van der Waals surface area (Å²) < 4.78 is 13.5. The minimum absolute atomic E-state index is 0.0393. The van der Waals surface area contributed by atoms with E-state index in [1.54, 1.807) is 6.07 Å². The summed E-state index contributed by atoms with van der Waals surface area (Å²) in [5.74, 6) is -1.18. The predicted molar refractivity (Wildman–Crippen MR) is 93.5 cm³/mol. The number of nitrogens with zero attached hydrogens (tertiary/aromatic N) is 1. The third-order valence-corrected chi connectivity index (χ3v) is 4.98. The minimum Gasteiger partial charge on any atom is -0.353 e. The Morgan fingerprint density at radius 2 is 2.00 bits per heavy atom. The molecule has 2 N–H and O–H groups in total. The summed E-state index contributed by atoms with van der Waals surface area (Å²) in [5.41, 5.74) is 0.436. The molecule has 1 aromatic rings. The van der Waals surface area contributed by atoms with Crippen molar-refractivity contribution in [3.63, 3.8) is 0 Å². The number of hydrogen-bond donors (Lipinski definition) is 2. The van der Waals surface area contributed by atoms with Gasteiger partial charge in [0.2, 0.25) is 17.7 Å². The molecule has 1 saturated carbocycles. The largest absolute Gasteiger partial charge is 0.353 e. The molecule has 2 aliphatic rings. The van der Waals surface area contributed by atoms with Gasteiger partial charge in [0.15, 0.2) is 0 Å². The first kappa shape index (κ1) is 18.4. The zero-order valence-corrected chi connectivity index (χ0v) is 14.7. The molecule has 7 heteroatoms. The van der Waals surface area contributed by atoms with Gasteiger partial charge in [0.1, 0.15) is 11.9 Å². The molecular weight excluding hydrogens is 337 g/mol. The van der Waals surface area contributed by atoms with Crippen molar-refractivity contribution in [2.75, 3.05) is 13.1 Å². The van der Waals surface area contributed by atoms with E-state index in [9.17, 15) is 18.8 Å². The number of carbonyl (C=O) groups excluding carboxylic acids is 3. The van der Waals surface area contributed by atoms with E-state index in [2.05, 4.69) is 10.6 Å². The highest BCUT2D eigenvalue weighted by atomic mass is 19.1. The molecule has 1 aliphatic carbocycles. The number of carbonyl (C=O) groups is 3. The third kappa shape index (κ3) is 4.39. The molecule has 1 saturated heterocycles. The fraction of sp³-hybridized carbons (Fsp3) is 0.526. The van der Waals surface area contributed by atoms with Gasteiger partial charge >= 0.3 is 0 Å². The smallest absolute Gasteiger partial charge is 0.247 e. The zero-order valence-electron chi connectivity index (χ0n) is 14.7. The van der Waals surface area contributed by atoms with Crippen LogP contribution < -0.4 is 10.6 Å². The van der Waals surface area contributed by atoms with Crippen LogP contribution in [0.2, 0.25) is 0 Å². The zero-order chi connectivity index (χ0) is 18.5. The summed E-state index contributed by atoms with van der Waals surface area (Å²) in [6.07, 6.45) is 4.38. The van der Waals surface area contributed by atoms with Crippen LogP contribution in [0.4, 0.5) is 4.39 Å². The Kier molecular flexibility index (Phi) is 5.85. The molecule has 0 aromatic heterocycles. The SMILES string of the molecule is O=C(CCC(=O)N1CCNC(=O)[C@@H]1c1cccc(F)c1)NC1CCCC1. The van der Waals surface area contributed by atoms with Gasteiger partial charge < -0.3 is 15.5 Å². The molecule has 1 aromatic carbocycles. The summed E-state index contributed by atoms with van der Waals surface area (Å²) in [4.78, 5) is 38.4. The van der Waals surface area contributed by atoms with E-state index < -0.39 is 11.9 Å². The quantitative estimate of drug-likeness (QED) is 0.837. The fourth-order valence-electron chi connectivity index (χ4n) is 3.68. The first-order valence-corrected chi connectivity index (χ1v) is 9.16. The number of rotatable bonds is 5. The lowest BCUT2D eigenvalue weighted by Gasteiger charge is -2.35. The lowest BCUT2D eigenvalue weighted by atomic mass is 10.0. The van der Waals surface area contributed by atoms with E-state index in [4.69, 9.17) is 0 Å². The van der Waals surface area contributed by atoms with E-state index in [0.717, 1.165) is 25.7 Å². The van der Waals surface area contributed by atoms with Crippen molar-refractivity contribution >= 4 is 17.7 Å². The second-order valence-electron chi connectivity index (χ2n) is 6.88. The Morgan fingerprint density at radius 3 is 2.73 bits per heavy atom. The predicted octanol–water partition coefficient (Wildman–Crippen LogP) is 1.66. The molecule has 2 fully saturated rings. The normalized spacial score (nSPS) is 20.7. The number of nitrogens with one attached hydrogen (secondary N) is 2. The van der Waals surface area contributed by atoms with Gasteiger partial charge in [-0.1, -0.05) is 25.0 Å². The maximum Gasteiger partial charge on any atom is 0.247 e. The summed E-state index contributed by atoms with van der Waals surface area (Å²) in [6.45, 7) is 0.695. The molecule has 1 aliphatic heterocycles. The van der Waals surface area contributed by atoms with Gasteiger partial charge in [0, 0.05) is 32.0 Å². The summed E-state index contributed by atoms with van der Waals surface area (Å²) in [5, 5.41) is 5.67. The van der Waals surface area contributed by atoms with Crippen molar-refractivity contribution < 1.29 is 18.8 Å². The van der Waals surface area contributed by atoms with E-state index in [0.29, 0.717) is 18.7 Å². The molecular formula is C19H24FN3O3. The Hall–Kier alpha value is -2.44. The summed E-state index contributed by atoms with van der Waals surface area (Å²) in [7, 11) is 0. The van der Waals surface area contributed by atoms with Crippen LogP contribution in [0.1, 0.15) is 50.1 Å². The third-order valence-electron chi connectivity index (χ3n) is 4.98. The van der Waals surface area contributed by atoms with Gasteiger partial charge in [-0.3, -0.25) is 14.4 Å². The van der Waals surface area contributed by atoms with Crippen LogP contribution >= 0.6 is 0 Å². The van der Waals surface area contributed by atoms with Gasteiger partial charge in [-0.2, -0.15) is 0 Å². The van der Waals surface area contributed by atoms with E-state index >= 15 is 0 Å². The number of halogens is 1. The Bertz CT molecular complexity index is 688. The first-order valence-electron chi connectivity index (χ1n) is 9.16. The van der Waals surface area contributed by atoms with Crippen LogP contribution in [-0.4, -0.2) is 41.8 Å². The van der Waals surface area contributed by atoms with Crippen LogP contribution in [0.25, 0.3) is 0 Å². The van der Waals surface area contributed by atoms with Gasteiger partial charge in [0.25, 0.3) is 0 Å². The monoisotopic (exact) mass is 361 g/mol. The van der Waals surface area contributed by atoms with Crippen molar-refractivity contribution in [3.05, 3.63) is 35.6 Å². The molecule has 6 nitrogen and oxygen atoms in total. The lowest BCUT2D eigenvalue weighted by Crippen LogP contribution is -2.52. The van der Waals surface area contributed by atoms with Gasteiger partial charge in [-0.05, 0) is 30.5 Å². The standard InChI is InChI=1S/C19H24FN3O3/c20-14-5-3-4-13(12-14)18-19(26)21-10-11-23(18)17(25)9-8-16(24)22-15-6-1-2-7-15/h3-5,12,15,18H,1-2,6-11H2,(H,21,26)(H,22,24)/t18-/m0/s1. The Morgan fingerprint density at radius 1 is 1.23 bits per heavy atom. The lowest BCUT2D eigenvalue weighted by molar-refractivity contribution is -0.144. The summed E-state index contributed by atoms with van der Waals surface area (Å²) in [6, 6.07) is 5.07. The molecule has 140 valence electrons. The van der Waals surface area contributed by atoms with Gasteiger partial charge in [0.05, 0.1) is 0 Å². The average Bonchev–Trinajstić information content (AvgIpc) is 3.12. The number of hydrogen-bond acceptors (Lipinski definition) is 3. The second-order valence-corrected chi connectivity index (χ2v) is 6.88. The van der Waals surface area contributed by atoms with E-state index in [-0.39, 0.29) is 36.6 Å². The molecule has 1 atom stereocenters. The van der Waals surface area contributed by atoms with Crippen molar-refractivity contribution in [1.82, 2.24) is 15.5 Å². The number of amides is 3. The molecule has 0 unspecified atom stereocenters. The van der Waals surface area contributed by atoms with Crippen LogP contribution in [0, 0.1) is 5.82 Å². The maximum atomic E-state index is 13.5. The number of piperazine rings is 1. The molecule has 3 amide bonds. The van der Waals surface area contributed by atoms with Crippen LogP contribution in [0.5, 0.6) is 0 Å². The topological polar surface area (TPSA) is 78.5 Å². The summed E-state index contributed by atoms with van der Waals surface area (Å²) >= 11 is 0. The fourth-order valence-corrected chi connectivity index (χ4v) is 3.68. The molecule has 0 spiro atoms.